The number of carbonyl (C=O) groups excluding carboxylic acids is 10. The van der Waals surface area contributed by atoms with Gasteiger partial charge in [-0.25, -0.2) is 0 Å². The van der Waals surface area contributed by atoms with Crippen LogP contribution in [0, 0.1) is 5.92 Å². The molecule has 0 saturated carbocycles. The van der Waals surface area contributed by atoms with E-state index in [1.54, 1.807) is 44.2 Å². The van der Waals surface area contributed by atoms with E-state index in [9.17, 15) is 58.2 Å². The van der Waals surface area contributed by atoms with E-state index in [4.69, 9.17) is 28.0 Å². The zero-order chi connectivity index (χ0) is 56.9. The van der Waals surface area contributed by atoms with E-state index in [0.717, 1.165) is 0 Å². The first-order valence-corrected chi connectivity index (χ1v) is 25.9. The molecule has 27 nitrogen and oxygen atoms in total. The Labute approximate surface area is 443 Å². The van der Waals surface area contributed by atoms with E-state index >= 15 is 0 Å². The quantitative estimate of drug-likeness (QED) is 0.0429. The molecule has 0 bridgehead atoms. The summed E-state index contributed by atoms with van der Waals surface area (Å²) in [5, 5.41) is 55.7. The monoisotopic (exact) mass is 1080 g/mol. The SMILES string of the molecule is CC(C)C[C@@H]1NC(=O)[C@@H](Cc2ccccc2)NC(=O)[C@H](CCN)NC(=O)[C@@H](NC(=O)[C@H](CCN)NC(=O)[C@@H](NC(=O)CCCCCO)C(C)O)CCNC(=O)[C@H](C(C)O)NC(=O)[C@H](CCN)NC(=O)[C@H](CCN)NC1=O. The molecular formula is C49H84N14O13. The Kier molecular flexibility index (Phi) is 30.3. The van der Waals surface area contributed by atoms with E-state index < -0.39 is 139 Å². The number of rotatable bonds is 24. The Morgan fingerprint density at radius 1 is 0.618 bits per heavy atom. The van der Waals surface area contributed by atoms with Gasteiger partial charge in [-0.15, -0.1) is 0 Å². The van der Waals surface area contributed by atoms with Gasteiger partial charge in [-0.3, -0.25) is 47.9 Å². The second-order valence-corrected chi connectivity index (χ2v) is 19.2. The molecule has 76 heavy (non-hydrogen) atoms. The van der Waals surface area contributed by atoms with Gasteiger partial charge in [0, 0.05) is 26.0 Å². The maximum Gasteiger partial charge on any atom is 0.245 e. The molecule has 0 aromatic heterocycles. The molecular weight excluding hydrogens is 993 g/mol. The van der Waals surface area contributed by atoms with Gasteiger partial charge in [0.15, 0.2) is 0 Å². The Hall–Kier alpha value is -6.36. The molecule has 0 aliphatic carbocycles. The fourth-order valence-electron chi connectivity index (χ4n) is 8.00. The summed E-state index contributed by atoms with van der Waals surface area (Å²) in [7, 11) is 0. The van der Waals surface area contributed by atoms with Gasteiger partial charge in [0.25, 0.3) is 0 Å². The standard InChI is InChI=1S/C49H84N14O13/c1-27(2)25-36-46(73)57-31(14-19-50)41(68)56-34(17-22-53)45(72)63-39(28(3)65)48(75)54-23-18-35(44(71)55-32(15-20-51)43(70)61-37(47(74)60-36)26-30-11-7-5-8-12-30)58-42(69)33(16-21-52)59-49(76)40(29(4)66)62-38(67)13-9-6-10-24-64/h5,7-8,11-12,27-29,31-37,39-40,64-66H,6,9-10,13-26,50-53H2,1-4H3,(H,54,75)(H,55,71)(H,56,68)(H,57,73)(H,58,69)(H,59,76)(H,60,74)(H,61,70)(H,62,67)(H,63,72)/t28?,29?,31-,32-,33-,34-,35-,36-,37+,39-,40-/m0/s1. The van der Waals surface area contributed by atoms with E-state index in [-0.39, 0.29) is 83.6 Å². The first kappa shape index (κ1) is 65.8. The molecule has 1 aromatic carbocycles. The third-order valence-electron chi connectivity index (χ3n) is 12.2. The molecule has 27 heteroatoms. The molecule has 11 atom stereocenters. The zero-order valence-corrected chi connectivity index (χ0v) is 44.1. The smallest absolute Gasteiger partial charge is 0.245 e. The van der Waals surface area contributed by atoms with Crippen LogP contribution in [-0.4, -0.2) is 180 Å². The van der Waals surface area contributed by atoms with Gasteiger partial charge in [0.05, 0.1) is 12.2 Å². The number of carbonyl (C=O) groups is 10. The Bertz CT molecular complexity index is 2050. The van der Waals surface area contributed by atoms with Crippen molar-refractivity contribution in [2.45, 2.75) is 165 Å². The fraction of sp³-hybridized carbons (Fsp3) is 0.673. The molecule has 1 fully saturated rings. The van der Waals surface area contributed by atoms with Crippen molar-refractivity contribution in [3.05, 3.63) is 35.9 Å². The van der Waals surface area contributed by atoms with Crippen molar-refractivity contribution >= 4 is 59.1 Å². The number of amides is 10. The van der Waals surface area contributed by atoms with Crippen LogP contribution in [-0.2, 0) is 54.4 Å². The number of unbranched alkanes of at least 4 members (excludes halogenated alkanes) is 2. The highest BCUT2D eigenvalue weighted by molar-refractivity contribution is 5.99. The molecule has 0 spiro atoms. The average molecular weight is 1080 g/mol. The largest absolute Gasteiger partial charge is 0.396 e. The van der Waals surface area contributed by atoms with Crippen molar-refractivity contribution < 1.29 is 63.3 Å². The van der Waals surface area contributed by atoms with Gasteiger partial charge in [-0.05, 0) is 103 Å². The summed E-state index contributed by atoms with van der Waals surface area (Å²) >= 11 is 0. The summed E-state index contributed by atoms with van der Waals surface area (Å²) in [6.07, 6.45) is -2.82. The third kappa shape index (κ3) is 23.3. The zero-order valence-electron chi connectivity index (χ0n) is 44.1. The second kappa shape index (κ2) is 35.1. The lowest BCUT2D eigenvalue weighted by atomic mass is 10.00. The Morgan fingerprint density at radius 3 is 1.64 bits per heavy atom. The highest BCUT2D eigenvalue weighted by Crippen LogP contribution is 2.11. The second-order valence-electron chi connectivity index (χ2n) is 19.2. The van der Waals surface area contributed by atoms with Gasteiger partial charge in [0.2, 0.25) is 59.1 Å². The van der Waals surface area contributed by atoms with Crippen LogP contribution in [0.1, 0.15) is 97.5 Å². The Balaban J connectivity index is 2.71. The molecule has 10 amide bonds. The molecule has 428 valence electrons. The molecule has 0 radical (unpaired) electrons. The lowest BCUT2D eigenvalue weighted by Crippen LogP contribution is -2.61. The maximum absolute atomic E-state index is 14.4. The number of hydrogen-bond donors (Lipinski definition) is 17. The lowest BCUT2D eigenvalue weighted by molar-refractivity contribution is -0.136. The van der Waals surface area contributed by atoms with Crippen LogP contribution in [0.4, 0.5) is 0 Å². The van der Waals surface area contributed by atoms with Gasteiger partial charge >= 0.3 is 0 Å². The van der Waals surface area contributed by atoms with Crippen molar-refractivity contribution in [1.29, 1.82) is 0 Å². The lowest BCUT2D eigenvalue weighted by Gasteiger charge is -2.28. The fourth-order valence-corrected chi connectivity index (χ4v) is 8.00. The minimum absolute atomic E-state index is 0.0224. The van der Waals surface area contributed by atoms with Crippen LogP contribution < -0.4 is 76.1 Å². The number of benzene rings is 1. The van der Waals surface area contributed by atoms with Gasteiger partial charge in [-0.1, -0.05) is 50.6 Å². The number of nitrogens with one attached hydrogen (secondary N) is 10. The highest BCUT2D eigenvalue weighted by atomic mass is 16.3. The van der Waals surface area contributed by atoms with Crippen molar-refractivity contribution in [2.24, 2.45) is 28.9 Å². The number of hydrogen-bond acceptors (Lipinski definition) is 17. The summed E-state index contributed by atoms with van der Waals surface area (Å²) in [4.78, 5) is 139. The van der Waals surface area contributed by atoms with Crippen molar-refractivity contribution in [1.82, 2.24) is 53.2 Å². The molecule has 1 aromatic rings. The van der Waals surface area contributed by atoms with Gasteiger partial charge in [0.1, 0.15) is 54.4 Å². The molecule has 2 unspecified atom stereocenters. The van der Waals surface area contributed by atoms with Crippen LogP contribution in [0.3, 0.4) is 0 Å². The van der Waals surface area contributed by atoms with Crippen LogP contribution in [0.5, 0.6) is 0 Å². The van der Waals surface area contributed by atoms with E-state index in [0.29, 0.717) is 24.8 Å². The van der Waals surface area contributed by atoms with Crippen molar-refractivity contribution in [3.63, 3.8) is 0 Å². The molecule has 21 N–H and O–H groups in total. The highest BCUT2D eigenvalue weighted by Gasteiger charge is 2.37. The minimum atomic E-state index is -1.67. The predicted molar refractivity (Wildman–Crippen MR) is 278 cm³/mol. The number of aliphatic hydroxyl groups excluding tert-OH is 3. The first-order valence-electron chi connectivity index (χ1n) is 25.9. The predicted octanol–water partition coefficient (Wildman–Crippen LogP) is -6.13. The van der Waals surface area contributed by atoms with Crippen molar-refractivity contribution in [2.75, 3.05) is 39.3 Å². The Morgan fingerprint density at radius 2 is 1.13 bits per heavy atom. The van der Waals surface area contributed by atoms with Gasteiger partial charge in [-0.2, -0.15) is 0 Å². The average Bonchev–Trinajstić information content (AvgIpc) is 3.36. The third-order valence-corrected chi connectivity index (χ3v) is 12.2. The first-order chi connectivity index (χ1) is 36.1. The summed E-state index contributed by atoms with van der Waals surface area (Å²) in [5.74, 6) is -9.02. The van der Waals surface area contributed by atoms with E-state index in [1.165, 1.54) is 13.8 Å². The summed E-state index contributed by atoms with van der Waals surface area (Å²) in [6, 6.07) is -4.62. The van der Waals surface area contributed by atoms with E-state index in [2.05, 4.69) is 53.2 Å². The van der Waals surface area contributed by atoms with Gasteiger partial charge < -0.3 is 91.4 Å². The van der Waals surface area contributed by atoms with E-state index in [1.807, 2.05) is 0 Å². The minimum Gasteiger partial charge on any atom is -0.396 e. The van der Waals surface area contributed by atoms with Crippen LogP contribution in [0.2, 0.25) is 0 Å². The molecule has 1 aliphatic heterocycles. The van der Waals surface area contributed by atoms with Crippen molar-refractivity contribution in [3.8, 4) is 0 Å². The van der Waals surface area contributed by atoms with Crippen LogP contribution >= 0.6 is 0 Å². The van der Waals surface area contributed by atoms with Crippen LogP contribution in [0.25, 0.3) is 0 Å². The number of nitrogens with two attached hydrogens (primary N) is 4. The number of aliphatic hydroxyl groups is 3. The molecule has 1 heterocycles. The van der Waals surface area contributed by atoms with Crippen LogP contribution in [0.15, 0.2) is 30.3 Å². The summed E-state index contributed by atoms with van der Waals surface area (Å²) < 4.78 is 0. The topological polar surface area (TPSA) is 456 Å². The molecule has 2 rings (SSSR count). The maximum atomic E-state index is 14.4. The molecule has 1 saturated heterocycles. The summed E-state index contributed by atoms with van der Waals surface area (Å²) in [6.45, 7) is 4.93. The normalized spacial score (nSPS) is 23.4. The summed E-state index contributed by atoms with van der Waals surface area (Å²) in [5.41, 5.74) is 24.0. The molecule has 1 aliphatic rings.